The molecule has 4 rings (SSSR count). The molecule has 1 amide bonds. The number of rotatable bonds is 4. The minimum Gasteiger partial charge on any atom is -0.497 e. The third-order valence-corrected chi connectivity index (χ3v) is 5.14. The van der Waals surface area contributed by atoms with Gasteiger partial charge >= 0.3 is 0 Å². The first kappa shape index (κ1) is 16.7. The zero-order valence-corrected chi connectivity index (χ0v) is 15.1. The number of methoxy groups -OCH3 is 1. The van der Waals surface area contributed by atoms with Gasteiger partial charge in [-0.3, -0.25) is 4.79 Å². The van der Waals surface area contributed by atoms with Crippen molar-refractivity contribution in [2.45, 2.75) is 12.5 Å². The molecule has 1 atom stereocenters. The van der Waals surface area contributed by atoms with Crippen molar-refractivity contribution in [2.24, 2.45) is 0 Å². The molecule has 0 aliphatic carbocycles. The van der Waals surface area contributed by atoms with Crippen LogP contribution in [-0.2, 0) is 6.42 Å². The first-order valence-electron chi connectivity index (χ1n) is 8.92. The Labute approximate surface area is 153 Å². The van der Waals surface area contributed by atoms with Crippen LogP contribution in [0.4, 0.5) is 0 Å². The normalized spacial score (nSPS) is 16.5. The van der Waals surface area contributed by atoms with Crippen LogP contribution < -0.4 is 10.1 Å². The summed E-state index contributed by atoms with van der Waals surface area (Å²) in [6.07, 6.45) is 0.835. The third-order valence-electron chi connectivity index (χ3n) is 5.14. The van der Waals surface area contributed by atoms with Gasteiger partial charge in [-0.2, -0.15) is 0 Å². The Morgan fingerprint density at radius 2 is 2.08 bits per heavy atom. The van der Waals surface area contributed by atoms with E-state index in [-0.39, 0.29) is 11.9 Å². The van der Waals surface area contributed by atoms with Crippen LogP contribution in [0.3, 0.4) is 0 Å². The van der Waals surface area contributed by atoms with Gasteiger partial charge in [-0.25, -0.2) is 0 Å². The number of amides is 1. The molecule has 5 heteroatoms. The molecule has 1 aliphatic heterocycles. The number of nitrogens with zero attached hydrogens (tertiary/aromatic N) is 1. The van der Waals surface area contributed by atoms with Crippen molar-refractivity contribution in [3.63, 3.8) is 0 Å². The summed E-state index contributed by atoms with van der Waals surface area (Å²) < 4.78 is 5.38. The SMILES string of the molecule is CNCC1c2[nH]c3ccc(OC)cc3c2CCN1C(=O)c1ccccc1. The molecule has 1 aromatic heterocycles. The second kappa shape index (κ2) is 6.84. The summed E-state index contributed by atoms with van der Waals surface area (Å²) in [5.41, 5.74) is 4.23. The van der Waals surface area contributed by atoms with Gasteiger partial charge < -0.3 is 19.9 Å². The number of benzene rings is 2. The summed E-state index contributed by atoms with van der Waals surface area (Å²) in [6.45, 7) is 1.41. The average Bonchev–Trinajstić information content (AvgIpc) is 3.07. The monoisotopic (exact) mass is 349 g/mol. The largest absolute Gasteiger partial charge is 0.497 e. The molecule has 1 unspecified atom stereocenters. The molecule has 0 saturated heterocycles. The van der Waals surface area contributed by atoms with Crippen molar-refractivity contribution in [1.82, 2.24) is 15.2 Å². The van der Waals surface area contributed by atoms with E-state index in [9.17, 15) is 4.79 Å². The van der Waals surface area contributed by atoms with E-state index < -0.39 is 0 Å². The van der Waals surface area contributed by atoms with Crippen LogP contribution in [0.5, 0.6) is 5.75 Å². The van der Waals surface area contributed by atoms with Gasteiger partial charge in [0.25, 0.3) is 5.91 Å². The highest BCUT2D eigenvalue weighted by Gasteiger charge is 2.33. The maximum atomic E-state index is 13.1. The lowest BCUT2D eigenvalue weighted by molar-refractivity contribution is 0.0657. The molecular formula is C21H23N3O2. The maximum absolute atomic E-state index is 13.1. The van der Waals surface area contributed by atoms with E-state index in [1.165, 1.54) is 10.9 Å². The van der Waals surface area contributed by atoms with E-state index >= 15 is 0 Å². The van der Waals surface area contributed by atoms with Gasteiger partial charge in [0, 0.05) is 35.2 Å². The number of fused-ring (bicyclic) bond motifs is 3. The smallest absolute Gasteiger partial charge is 0.254 e. The summed E-state index contributed by atoms with van der Waals surface area (Å²) in [7, 11) is 3.61. The average molecular weight is 349 g/mol. The highest BCUT2D eigenvalue weighted by molar-refractivity contribution is 5.95. The molecule has 2 aromatic carbocycles. The lowest BCUT2D eigenvalue weighted by Crippen LogP contribution is -2.43. The quantitative estimate of drug-likeness (QED) is 0.761. The van der Waals surface area contributed by atoms with E-state index in [0.717, 1.165) is 28.9 Å². The minimum absolute atomic E-state index is 0.0187. The van der Waals surface area contributed by atoms with Crippen molar-refractivity contribution in [1.29, 1.82) is 0 Å². The highest BCUT2D eigenvalue weighted by atomic mass is 16.5. The molecule has 1 aliphatic rings. The summed E-state index contributed by atoms with van der Waals surface area (Å²) in [5, 5.41) is 4.43. The number of carbonyl (C=O) groups is 1. The zero-order valence-electron chi connectivity index (χ0n) is 15.1. The Kier molecular flexibility index (Phi) is 4.39. The number of carbonyl (C=O) groups excluding carboxylic acids is 1. The van der Waals surface area contributed by atoms with Crippen molar-refractivity contribution in [2.75, 3.05) is 27.2 Å². The van der Waals surface area contributed by atoms with Crippen LogP contribution >= 0.6 is 0 Å². The topological polar surface area (TPSA) is 57.4 Å². The van der Waals surface area contributed by atoms with Gasteiger partial charge in [0.15, 0.2) is 0 Å². The Morgan fingerprint density at radius 3 is 2.81 bits per heavy atom. The van der Waals surface area contributed by atoms with Gasteiger partial charge in [0.1, 0.15) is 5.75 Å². The summed E-state index contributed by atoms with van der Waals surface area (Å²) in [6, 6.07) is 15.6. The van der Waals surface area contributed by atoms with Crippen LogP contribution in [0.2, 0.25) is 0 Å². The number of hydrogen-bond acceptors (Lipinski definition) is 3. The number of ether oxygens (including phenoxy) is 1. The lowest BCUT2D eigenvalue weighted by atomic mass is 9.96. The number of hydrogen-bond donors (Lipinski definition) is 2. The predicted molar refractivity (Wildman–Crippen MR) is 103 cm³/mol. The molecule has 0 saturated carbocycles. The fourth-order valence-electron chi connectivity index (χ4n) is 3.87. The molecule has 2 heterocycles. The molecule has 0 spiro atoms. The molecule has 5 nitrogen and oxygen atoms in total. The first-order chi connectivity index (χ1) is 12.7. The van der Waals surface area contributed by atoms with Crippen LogP contribution in [0.25, 0.3) is 10.9 Å². The van der Waals surface area contributed by atoms with Gasteiger partial charge in [-0.15, -0.1) is 0 Å². The Hall–Kier alpha value is -2.79. The van der Waals surface area contributed by atoms with E-state index in [4.69, 9.17) is 4.74 Å². The molecule has 0 radical (unpaired) electrons. The Balaban J connectivity index is 1.76. The third kappa shape index (κ3) is 2.74. The molecule has 0 bridgehead atoms. The number of likely N-dealkylation sites (N-methyl/N-ethyl adjacent to an activating group) is 1. The molecular weight excluding hydrogens is 326 g/mol. The molecule has 0 fully saturated rings. The van der Waals surface area contributed by atoms with Crippen LogP contribution in [-0.4, -0.2) is 43.0 Å². The van der Waals surface area contributed by atoms with E-state index in [1.807, 2.05) is 54.4 Å². The summed E-state index contributed by atoms with van der Waals surface area (Å²) >= 11 is 0. The van der Waals surface area contributed by atoms with Crippen LogP contribution in [0.15, 0.2) is 48.5 Å². The van der Waals surface area contributed by atoms with E-state index in [2.05, 4.69) is 16.4 Å². The number of aromatic amines is 1. The molecule has 26 heavy (non-hydrogen) atoms. The van der Waals surface area contributed by atoms with Crippen LogP contribution in [0, 0.1) is 0 Å². The summed E-state index contributed by atoms with van der Waals surface area (Å²) in [4.78, 5) is 18.6. The van der Waals surface area contributed by atoms with Crippen molar-refractivity contribution in [3.8, 4) is 5.75 Å². The second-order valence-electron chi connectivity index (χ2n) is 6.62. The van der Waals surface area contributed by atoms with Crippen molar-refractivity contribution >= 4 is 16.8 Å². The molecule has 3 aromatic rings. The van der Waals surface area contributed by atoms with Gasteiger partial charge in [-0.05, 0) is 49.4 Å². The van der Waals surface area contributed by atoms with Gasteiger partial charge in [0.2, 0.25) is 0 Å². The van der Waals surface area contributed by atoms with E-state index in [0.29, 0.717) is 13.1 Å². The van der Waals surface area contributed by atoms with E-state index in [1.54, 1.807) is 7.11 Å². The first-order valence-corrected chi connectivity index (χ1v) is 8.92. The zero-order chi connectivity index (χ0) is 18.1. The van der Waals surface area contributed by atoms with Gasteiger partial charge in [-0.1, -0.05) is 18.2 Å². The number of H-pyrrole nitrogens is 1. The highest BCUT2D eigenvalue weighted by Crippen LogP contribution is 2.36. The number of aromatic nitrogens is 1. The molecule has 134 valence electrons. The predicted octanol–water partition coefficient (Wildman–Crippen LogP) is 3.14. The van der Waals surface area contributed by atoms with Crippen molar-refractivity contribution < 1.29 is 9.53 Å². The fraction of sp³-hybridized carbons (Fsp3) is 0.286. The fourth-order valence-corrected chi connectivity index (χ4v) is 3.87. The standard InChI is InChI=1S/C21H23N3O2/c1-22-13-19-20-16(17-12-15(26-2)8-9-18(17)23-20)10-11-24(19)21(25)14-6-4-3-5-7-14/h3-9,12,19,22-23H,10-11,13H2,1-2H3. The maximum Gasteiger partial charge on any atom is 0.254 e. The summed E-state index contributed by atoms with van der Waals surface area (Å²) in [5.74, 6) is 0.931. The minimum atomic E-state index is -0.0187. The Bertz CT molecular complexity index is 933. The van der Waals surface area contributed by atoms with Crippen LogP contribution in [0.1, 0.15) is 27.7 Å². The molecule has 2 N–H and O–H groups in total. The Morgan fingerprint density at radius 1 is 1.27 bits per heavy atom. The van der Waals surface area contributed by atoms with Gasteiger partial charge in [0.05, 0.1) is 13.2 Å². The lowest BCUT2D eigenvalue weighted by Gasteiger charge is -2.36. The number of nitrogens with one attached hydrogen (secondary N) is 2. The second-order valence-corrected chi connectivity index (χ2v) is 6.62. The van der Waals surface area contributed by atoms with Crippen molar-refractivity contribution in [3.05, 3.63) is 65.4 Å².